The van der Waals surface area contributed by atoms with Crippen molar-refractivity contribution in [1.82, 2.24) is 0 Å². The van der Waals surface area contributed by atoms with Crippen LogP contribution < -0.4 is 0 Å². The second kappa shape index (κ2) is 7.63. The van der Waals surface area contributed by atoms with E-state index in [0.717, 1.165) is 0 Å². The molecular weight excluding hydrogens is 320 g/mol. The first-order valence-electron chi connectivity index (χ1n) is 7.08. The summed E-state index contributed by atoms with van der Waals surface area (Å²) >= 11 is 0. The maximum Gasteiger partial charge on any atom is 0.187 e. The Labute approximate surface area is 130 Å². The molecule has 4 unspecified atom stereocenters. The Kier molecular flexibility index (Phi) is 6.27. The quantitative estimate of drug-likeness (QED) is 0.243. The third kappa shape index (κ3) is 3.65. The first-order chi connectivity index (χ1) is 10.8. The fourth-order valence-electron chi connectivity index (χ4n) is 2.57. The van der Waals surface area contributed by atoms with E-state index in [-0.39, 0.29) is 0 Å². The standard InChI is InChI=1S/C12H22O11/c13-1-3-5(15)6(16)9(19)12(22-3)23-10-4(2-14)21-11(20)8(18)7(10)17/h3-20H,1-2H2/t3?,4?,5-,6+,7-,8?,9?,10+,11+,12-/m0/s1. The van der Waals surface area contributed by atoms with Gasteiger partial charge in [0.1, 0.15) is 48.8 Å². The Hall–Kier alpha value is -0.440. The van der Waals surface area contributed by atoms with Gasteiger partial charge >= 0.3 is 0 Å². The van der Waals surface area contributed by atoms with E-state index in [9.17, 15) is 35.7 Å². The number of rotatable bonds is 4. The van der Waals surface area contributed by atoms with Gasteiger partial charge < -0.3 is 55.1 Å². The predicted octanol–water partition coefficient (Wildman–Crippen LogP) is -5.40. The number of hydrogen-bond acceptors (Lipinski definition) is 11. The van der Waals surface area contributed by atoms with E-state index < -0.39 is 74.6 Å². The predicted molar refractivity (Wildman–Crippen MR) is 68.6 cm³/mol. The highest BCUT2D eigenvalue weighted by molar-refractivity contribution is 4.93. The van der Waals surface area contributed by atoms with Crippen LogP contribution >= 0.6 is 0 Å². The summed E-state index contributed by atoms with van der Waals surface area (Å²) in [5.74, 6) is 0. The van der Waals surface area contributed by atoms with Crippen LogP contribution in [0.25, 0.3) is 0 Å². The van der Waals surface area contributed by atoms with Crippen molar-refractivity contribution in [3.8, 4) is 0 Å². The van der Waals surface area contributed by atoms with Crippen LogP contribution in [0.15, 0.2) is 0 Å². The van der Waals surface area contributed by atoms with E-state index >= 15 is 0 Å². The second-order valence-corrected chi connectivity index (χ2v) is 5.53. The van der Waals surface area contributed by atoms with Crippen LogP contribution in [-0.2, 0) is 14.2 Å². The maximum atomic E-state index is 9.94. The van der Waals surface area contributed by atoms with E-state index in [0.29, 0.717) is 0 Å². The normalized spacial score (nSPS) is 51.7. The summed E-state index contributed by atoms with van der Waals surface area (Å²) in [4.78, 5) is 0. The van der Waals surface area contributed by atoms with E-state index in [1.54, 1.807) is 0 Å². The molecule has 2 aliphatic heterocycles. The lowest BCUT2D eigenvalue weighted by molar-refractivity contribution is -0.355. The molecule has 23 heavy (non-hydrogen) atoms. The third-order valence-electron chi connectivity index (χ3n) is 3.98. The molecule has 136 valence electrons. The summed E-state index contributed by atoms with van der Waals surface area (Å²) in [6, 6.07) is 0. The Bertz CT molecular complexity index is 378. The van der Waals surface area contributed by atoms with Gasteiger partial charge in [-0.25, -0.2) is 0 Å². The van der Waals surface area contributed by atoms with Crippen molar-refractivity contribution in [3.63, 3.8) is 0 Å². The van der Waals surface area contributed by atoms with Gasteiger partial charge in [-0.3, -0.25) is 0 Å². The molecule has 0 spiro atoms. The Morgan fingerprint density at radius 3 is 1.83 bits per heavy atom. The zero-order valence-electron chi connectivity index (χ0n) is 12.0. The molecule has 0 bridgehead atoms. The minimum Gasteiger partial charge on any atom is -0.394 e. The summed E-state index contributed by atoms with van der Waals surface area (Å²) in [5, 5.41) is 76.5. The van der Waals surface area contributed by atoms with Crippen molar-refractivity contribution in [2.24, 2.45) is 0 Å². The lowest BCUT2D eigenvalue weighted by Crippen LogP contribution is -2.64. The van der Waals surface area contributed by atoms with Crippen LogP contribution in [0.4, 0.5) is 0 Å². The molecule has 11 nitrogen and oxygen atoms in total. The summed E-state index contributed by atoms with van der Waals surface area (Å²) in [6.07, 6.45) is -15.6. The highest BCUT2D eigenvalue weighted by atomic mass is 16.7. The molecule has 0 aromatic heterocycles. The first-order valence-corrected chi connectivity index (χ1v) is 7.08. The topological polar surface area (TPSA) is 190 Å². The van der Waals surface area contributed by atoms with Gasteiger partial charge in [0.2, 0.25) is 0 Å². The number of ether oxygens (including phenoxy) is 3. The molecule has 2 saturated heterocycles. The highest BCUT2D eigenvalue weighted by Crippen LogP contribution is 2.28. The minimum absolute atomic E-state index is 0.667. The molecule has 0 amide bonds. The van der Waals surface area contributed by atoms with Crippen molar-refractivity contribution in [3.05, 3.63) is 0 Å². The van der Waals surface area contributed by atoms with Crippen LogP contribution in [0.3, 0.4) is 0 Å². The van der Waals surface area contributed by atoms with Crippen LogP contribution in [0.5, 0.6) is 0 Å². The van der Waals surface area contributed by atoms with Gasteiger partial charge in [-0.2, -0.15) is 0 Å². The molecular formula is C12H22O11. The van der Waals surface area contributed by atoms with E-state index in [1.165, 1.54) is 0 Å². The zero-order chi connectivity index (χ0) is 17.3. The van der Waals surface area contributed by atoms with E-state index in [1.807, 2.05) is 0 Å². The van der Waals surface area contributed by atoms with Crippen LogP contribution in [-0.4, -0.2) is 115 Å². The average Bonchev–Trinajstić information content (AvgIpc) is 2.55. The molecule has 2 heterocycles. The molecule has 2 fully saturated rings. The molecule has 0 radical (unpaired) electrons. The number of hydrogen-bond donors (Lipinski definition) is 8. The largest absolute Gasteiger partial charge is 0.394 e. The maximum absolute atomic E-state index is 9.94. The Morgan fingerprint density at radius 2 is 1.26 bits per heavy atom. The van der Waals surface area contributed by atoms with Gasteiger partial charge in [0.05, 0.1) is 13.2 Å². The molecule has 11 heteroatoms. The second-order valence-electron chi connectivity index (χ2n) is 5.53. The molecule has 2 aliphatic rings. The van der Waals surface area contributed by atoms with E-state index in [4.69, 9.17) is 19.3 Å². The number of aliphatic hydroxyl groups excluding tert-OH is 8. The van der Waals surface area contributed by atoms with Crippen molar-refractivity contribution in [2.75, 3.05) is 13.2 Å². The molecule has 2 rings (SSSR count). The SMILES string of the molecule is OCC1O[C@@H](O)C(O)[C@H](O)[C@@H]1O[C@@H]1OC(CO)[C@H](O)[C@@H](O)C1O. The monoisotopic (exact) mass is 342 g/mol. The Morgan fingerprint density at radius 1 is 0.652 bits per heavy atom. The smallest absolute Gasteiger partial charge is 0.187 e. The van der Waals surface area contributed by atoms with Gasteiger partial charge in [0, 0.05) is 0 Å². The summed E-state index contributed by atoms with van der Waals surface area (Å²) in [7, 11) is 0. The van der Waals surface area contributed by atoms with Crippen LogP contribution in [0.1, 0.15) is 0 Å². The van der Waals surface area contributed by atoms with Crippen molar-refractivity contribution in [1.29, 1.82) is 0 Å². The average molecular weight is 342 g/mol. The summed E-state index contributed by atoms with van der Waals surface area (Å²) in [5.41, 5.74) is 0. The lowest BCUT2D eigenvalue weighted by atomic mass is 9.97. The van der Waals surface area contributed by atoms with Crippen molar-refractivity contribution in [2.45, 2.75) is 61.4 Å². The summed E-state index contributed by atoms with van der Waals surface area (Å²) in [6.45, 7) is -1.35. The molecule has 0 aromatic carbocycles. The molecule has 10 atom stereocenters. The minimum atomic E-state index is -1.74. The highest BCUT2D eigenvalue weighted by Gasteiger charge is 2.50. The van der Waals surface area contributed by atoms with Crippen LogP contribution in [0, 0.1) is 0 Å². The lowest BCUT2D eigenvalue weighted by Gasteiger charge is -2.45. The molecule has 0 aromatic rings. The molecule has 0 saturated carbocycles. The first kappa shape index (κ1) is 18.9. The fourth-order valence-corrected chi connectivity index (χ4v) is 2.57. The van der Waals surface area contributed by atoms with E-state index in [2.05, 4.69) is 0 Å². The van der Waals surface area contributed by atoms with Gasteiger partial charge in [-0.1, -0.05) is 0 Å². The fraction of sp³-hybridized carbons (Fsp3) is 1.00. The third-order valence-corrected chi connectivity index (χ3v) is 3.98. The van der Waals surface area contributed by atoms with Crippen molar-refractivity contribution >= 4 is 0 Å². The summed E-state index contributed by atoms with van der Waals surface area (Å²) < 4.78 is 15.3. The van der Waals surface area contributed by atoms with Crippen LogP contribution in [0.2, 0.25) is 0 Å². The number of aliphatic hydroxyl groups is 8. The Balaban J connectivity index is 2.11. The zero-order valence-corrected chi connectivity index (χ0v) is 12.0. The van der Waals surface area contributed by atoms with Gasteiger partial charge in [-0.15, -0.1) is 0 Å². The van der Waals surface area contributed by atoms with Gasteiger partial charge in [-0.05, 0) is 0 Å². The van der Waals surface area contributed by atoms with Gasteiger partial charge in [0.15, 0.2) is 12.6 Å². The molecule has 0 aliphatic carbocycles. The molecule has 8 N–H and O–H groups in total. The van der Waals surface area contributed by atoms with Crippen molar-refractivity contribution < 1.29 is 55.1 Å². The van der Waals surface area contributed by atoms with Gasteiger partial charge in [0.25, 0.3) is 0 Å².